The summed E-state index contributed by atoms with van der Waals surface area (Å²) in [6.07, 6.45) is 5.39. The molecule has 0 radical (unpaired) electrons. The van der Waals surface area contributed by atoms with Gasteiger partial charge >= 0.3 is 0 Å². The van der Waals surface area contributed by atoms with Gasteiger partial charge < -0.3 is 5.73 Å². The van der Waals surface area contributed by atoms with E-state index in [1.165, 1.54) is 25.7 Å². The number of nitrogen functional groups attached to an aromatic ring is 1. The van der Waals surface area contributed by atoms with Crippen molar-refractivity contribution in [1.82, 2.24) is 9.88 Å². The molecular formula is C14H23N3. The van der Waals surface area contributed by atoms with Crippen LogP contribution in [0.1, 0.15) is 38.3 Å². The molecule has 1 aromatic rings. The van der Waals surface area contributed by atoms with Gasteiger partial charge in [0.05, 0.1) is 5.69 Å². The second-order valence-corrected chi connectivity index (χ2v) is 5.39. The van der Waals surface area contributed by atoms with Crippen molar-refractivity contribution in [3.8, 4) is 0 Å². The van der Waals surface area contributed by atoms with Crippen LogP contribution in [0.4, 0.5) is 5.82 Å². The van der Waals surface area contributed by atoms with Gasteiger partial charge in [0.25, 0.3) is 0 Å². The zero-order valence-corrected chi connectivity index (χ0v) is 10.9. The van der Waals surface area contributed by atoms with Crippen LogP contribution in [-0.2, 0) is 6.54 Å². The van der Waals surface area contributed by atoms with E-state index >= 15 is 0 Å². The Morgan fingerprint density at radius 1 is 1.41 bits per heavy atom. The maximum atomic E-state index is 5.71. The number of hydrogen-bond donors (Lipinski definition) is 1. The molecule has 2 N–H and O–H groups in total. The number of rotatable bonds is 3. The van der Waals surface area contributed by atoms with Crippen LogP contribution in [0.2, 0.25) is 0 Å². The quantitative estimate of drug-likeness (QED) is 0.872. The van der Waals surface area contributed by atoms with Crippen molar-refractivity contribution in [3.05, 3.63) is 23.9 Å². The van der Waals surface area contributed by atoms with E-state index in [4.69, 9.17) is 5.73 Å². The Morgan fingerprint density at radius 2 is 2.24 bits per heavy atom. The molecular weight excluding hydrogens is 210 g/mol. The number of hydrogen-bond acceptors (Lipinski definition) is 3. The van der Waals surface area contributed by atoms with Crippen molar-refractivity contribution < 1.29 is 0 Å². The Hall–Kier alpha value is -1.09. The third-order valence-electron chi connectivity index (χ3n) is 3.77. The summed E-state index contributed by atoms with van der Waals surface area (Å²) >= 11 is 0. The van der Waals surface area contributed by atoms with Crippen molar-refractivity contribution in [3.63, 3.8) is 0 Å². The lowest BCUT2D eigenvalue weighted by Gasteiger charge is -2.34. The molecule has 0 aliphatic heterocycles. The van der Waals surface area contributed by atoms with Gasteiger partial charge in [0, 0.05) is 12.6 Å². The highest BCUT2D eigenvalue weighted by Crippen LogP contribution is 2.27. The fourth-order valence-electron chi connectivity index (χ4n) is 2.77. The van der Waals surface area contributed by atoms with Gasteiger partial charge in [-0.1, -0.05) is 25.8 Å². The Bertz CT molecular complexity index is 364. The van der Waals surface area contributed by atoms with E-state index in [-0.39, 0.29) is 0 Å². The normalized spacial score (nSPS) is 25.1. The van der Waals surface area contributed by atoms with Crippen LogP contribution in [0.3, 0.4) is 0 Å². The molecule has 17 heavy (non-hydrogen) atoms. The predicted molar refractivity (Wildman–Crippen MR) is 71.5 cm³/mol. The fourth-order valence-corrected chi connectivity index (χ4v) is 2.77. The lowest BCUT2D eigenvalue weighted by molar-refractivity contribution is 0.156. The van der Waals surface area contributed by atoms with Crippen molar-refractivity contribution in [1.29, 1.82) is 0 Å². The molecule has 1 aliphatic rings. The highest BCUT2D eigenvalue weighted by molar-refractivity contribution is 5.28. The Balaban J connectivity index is 1.94. The summed E-state index contributed by atoms with van der Waals surface area (Å²) in [7, 11) is 2.20. The molecule has 1 aliphatic carbocycles. The van der Waals surface area contributed by atoms with Crippen molar-refractivity contribution >= 4 is 5.82 Å². The molecule has 0 aromatic carbocycles. The monoisotopic (exact) mass is 233 g/mol. The zero-order chi connectivity index (χ0) is 12.3. The summed E-state index contributed by atoms with van der Waals surface area (Å²) in [5, 5.41) is 0. The molecule has 0 spiro atoms. The zero-order valence-electron chi connectivity index (χ0n) is 10.9. The average Bonchev–Trinajstić information content (AvgIpc) is 2.29. The van der Waals surface area contributed by atoms with Crippen LogP contribution >= 0.6 is 0 Å². The van der Waals surface area contributed by atoms with Crippen molar-refractivity contribution in [2.75, 3.05) is 12.8 Å². The Labute approximate surface area is 104 Å². The van der Waals surface area contributed by atoms with Crippen LogP contribution in [0.5, 0.6) is 0 Å². The molecule has 0 bridgehead atoms. The fraction of sp³-hybridized carbons (Fsp3) is 0.643. The van der Waals surface area contributed by atoms with Gasteiger partial charge in [0.15, 0.2) is 0 Å². The number of aromatic nitrogens is 1. The number of nitrogens with two attached hydrogens (primary N) is 1. The van der Waals surface area contributed by atoms with Crippen LogP contribution in [0, 0.1) is 5.92 Å². The van der Waals surface area contributed by atoms with Crippen LogP contribution in [0.15, 0.2) is 18.2 Å². The Kier molecular flexibility index (Phi) is 4.00. The highest BCUT2D eigenvalue weighted by atomic mass is 15.1. The SMILES string of the molecule is CC1CCCC(N(C)Cc2cccc(N)n2)C1. The summed E-state index contributed by atoms with van der Waals surface area (Å²) < 4.78 is 0. The number of pyridine rings is 1. The van der Waals surface area contributed by atoms with Gasteiger partial charge in [-0.3, -0.25) is 4.90 Å². The minimum Gasteiger partial charge on any atom is -0.384 e. The first kappa shape index (κ1) is 12.4. The lowest BCUT2D eigenvalue weighted by atomic mass is 9.86. The molecule has 2 rings (SSSR count). The third kappa shape index (κ3) is 3.43. The minimum atomic E-state index is 0.618. The first-order valence-electron chi connectivity index (χ1n) is 6.57. The summed E-state index contributed by atoms with van der Waals surface area (Å²) in [6, 6.07) is 6.59. The molecule has 1 heterocycles. The third-order valence-corrected chi connectivity index (χ3v) is 3.77. The maximum absolute atomic E-state index is 5.71. The molecule has 0 saturated heterocycles. The van der Waals surface area contributed by atoms with E-state index in [0.717, 1.165) is 18.2 Å². The van der Waals surface area contributed by atoms with Gasteiger partial charge in [-0.05, 0) is 37.9 Å². The molecule has 2 unspecified atom stereocenters. The summed E-state index contributed by atoms with van der Waals surface area (Å²) in [5.41, 5.74) is 6.78. The van der Waals surface area contributed by atoms with Gasteiger partial charge in [-0.25, -0.2) is 4.98 Å². The standard InChI is InChI=1S/C14H23N3/c1-11-5-3-7-13(9-11)17(2)10-12-6-4-8-14(15)16-12/h4,6,8,11,13H,3,5,7,9-10H2,1-2H3,(H2,15,16). The minimum absolute atomic E-state index is 0.618. The predicted octanol–water partition coefficient (Wildman–Crippen LogP) is 2.67. The van der Waals surface area contributed by atoms with Crippen LogP contribution in [-0.4, -0.2) is 23.0 Å². The van der Waals surface area contributed by atoms with Crippen LogP contribution < -0.4 is 5.73 Å². The summed E-state index contributed by atoms with van der Waals surface area (Å²) in [4.78, 5) is 6.79. The highest BCUT2D eigenvalue weighted by Gasteiger charge is 2.22. The lowest BCUT2D eigenvalue weighted by Crippen LogP contribution is -2.35. The second-order valence-electron chi connectivity index (χ2n) is 5.39. The molecule has 3 nitrogen and oxygen atoms in total. The molecule has 94 valence electrons. The van der Waals surface area contributed by atoms with Gasteiger partial charge in [0.2, 0.25) is 0 Å². The van der Waals surface area contributed by atoms with E-state index in [1.54, 1.807) is 0 Å². The summed E-state index contributed by atoms with van der Waals surface area (Å²) in [6.45, 7) is 3.27. The van der Waals surface area contributed by atoms with E-state index in [2.05, 4.69) is 29.9 Å². The van der Waals surface area contributed by atoms with Gasteiger partial charge in [0.1, 0.15) is 5.82 Å². The van der Waals surface area contributed by atoms with Crippen molar-refractivity contribution in [2.45, 2.75) is 45.2 Å². The van der Waals surface area contributed by atoms with E-state index in [1.807, 2.05) is 12.1 Å². The molecule has 2 atom stereocenters. The van der Waals surface area contributed by atoms with Gasteiger partial charge in [-0.2, -0.15) is 0 Å². The summed E-state index contributed by atoms with van der Waals surface area (Å²) in [5.74, 6) is 1.48. The van der Waals surface area contributed by atoms with E-state index < -0.39 is 0 Å². The van der Waals surface area contributed by atoms with Crippen molar-refractivity contribution in [2.24, 2.45) is 5.92 Å². The topological polar surface area (TPSA) is 42.1 Å². The second kappa shape index (κ2) is 5.50. The molecule has 3 heteroatoms. The molecule has 1 saturated carbocycles. The van der Waals surface area contributed by atoms with Gasteiger partial charge in [-0.15, -0.1) is 0 Å². The van der Waals surface area contributed by atoms with Crippen LogP contribution in [0.25, 0.3) is 0 Å². The molecule has 1 aromatic heterocycles. The van der Waals surface area contributed by atoms with E-state index in [9.17, 15) is 0 Å². The maximum Gasteiger partial charge on any atom is 0.123 e. The Morgan fingerprint density at radius 3 is 2.94 bits per heavy atom. The average molecular weight is 233 g/mol. The largest absolute Gasteiger partial charge is 0.384 e. The van der Waals surface area contributed by atoms with E-state index in [0.29, 0.717) is 11.9 Å². The molecule has 1 fully saturated rings. The number of anilines is 1. The smallest absolute Gasteiger partial charge is 0.123 e. The number of nitrogens with zero attached hydrogens (tertiary/aromatic N) is 2. The first-order chi connectivity index (χ1) is 8.15. The molecule has 0 amide bonds. The first-order valence-corrected chi connectivity index (χ1v) is 6.57.